The van der Waals surface area contributed by atoms with E-state index in [-0.39, 0.29) is 55.3 Å². The molecule has 316 valence electrons. The summed E-state index contributed by atoms with van der Waals surface area (Å²) >= 11 is 5.65. The number of methoxy groups -OCH3 is 2. The van der Waals surface area contributed by atoms with E-state index < -0.39 is 44.6 Å². The quantitative estimate of drug-likeness (QED) is 0.0291. The first-order valence-electron chi connectivity index (χ1n) is 19.4. The number of aromatic nitrogens is 2. The first-order valence-corrected chi connectivity index (χ1v) is 20.9. The van der Waals surface area contributed by atoms with Gasteiger partial charge in [0, 0.05) is 31.3 Å². The Labute approximate surface area is 351 Å². The number of carbonyl (C=O) groups is 1. The number of nitrogens with one attached hydrogen (secondary N) is 1. The normalized spacial score (nSPS) is 18.5. The molecule has 1 aliphatic rings. The van der Waals surface area contributed by atoms with Gasteiger partial charge in [0.25, 0.3) is 14.1 Å². The van der Waals surface area contributed by atoms with Crippen LogP contribution in [0.5, 0.6) is 11.5 Å². The molecule has 5 atom stereocenters. The van der Waals surface area contributed by atoms with E-state index in [4.69, 9.17) is 49.7 Å². The molecule has 3 aromatic carbocycles. The summed E-state index contributed by atoms with van der Waals surface area (Å²) in [5.74, 6) is 0.900. The number of aromatic amines is 1. The number of ether oxygens (including phenoxy) is 6. The van der Waals surface area contributed by atoms with Gasteiger partial charge in [0.15, 0.2) is 11.0 Å². The zero-order chi connectivity index (χ0) is 42.5. The second-order valence-electron chi connectivity index (χ2n) is 14.2. The summed E-state index contributed by atoms with van der Waals surface area (Å²) in [6.07, 6.45) is -1.88. The van der Waals surface area contributed by atoms with Gasteiger partial charge in [-0.3, -0.25) is 19.1 Å². The fraction of sp³-hybridized carbons (Fsp3) is 0.442. The van der Waals surface area contributed by atoms with E-state index in [2.05, 4.69) is 15.7 Å². The molecule has 0 spiro atoms. The van der Waals surface area contributed by atoms with E-state index in [9.17, 15) is 14.9 Å². The Morgan fingerprint density at radius 2 is 1.49 bits per heavy atom. The lowest BCUT2D eigenvalue weighted by molar-refractivity contribution is -0.144. The zero-order valence-corrected chi connectivity index (χ0v) is 36.2. The van der Waals surface area contributed by atoms with Crippen molar-refractivity contribution in [2.75, 3.05) is 40.6 Å². The largest absolute Gasteiger partial charge is 0.497 e. The van der Waals surface area contributed by atoms with Crippen molar-refractivity contribution in [1.29, 1.82) is 5.26 Å². The van der Waals surface area contributed by atoms with Crippen LogP contribution in [0, 0.1) is 16.1 Å². The Balaban J connectivity index is 1.67. The number of rotatable bonds is 21. The SMILES string of the molecule is COc1ccc(C(OC[C@H]2O[C@@H](n3ccc(=O)[nH]c3=S)[C@H](OCCOC(C)=O)[C@@H]2OP(OCCC#N)N(C(C)C)C(C)C)(c2ccccc2)c2ccc(OC)cc2)cc1. The number of nitrogens with zero attached hydrogens (tertiary/aromatic N) is 3. The molecule has 5 rings (SSSR count). The van der Waals surface area contributed by atoms with Gasteiger partial charge in [-0.25, -0.2) is 4.67 Å². The number of hydrogen-bond acceptors (Lipinski definition) is 13. The molecule has 0 saturated carbocycles. The summed E-state index contributed by atoms with van der Waals surface area (Å²) in [7, 11) is 1.40. The fourth-order valence-electron chi connectivity index (χ4n) is 7.05. The van der Waals surface area contributed by atoms with Crippen LogP contribution in [0.25, 0.3) is 0 Å². The van der Waals surface area contributed by atoms with Crippen molar-refractivity contribution >= 4 is 26.7 Å². The Morgan fingerprint density at radius 3 is 2.02 bits per heavy atom. The van der Waals surface area contributed by atoms with Crippen LogP contribution in [0.15, 0.2) is 95.9 Å². The number of H-pyrrole nitrogens is 1. The van der Waals surface area contributed by atoms with E-state index >= 15 is 0 Å². The van der Waals surface area contributed by atoms with Crippen molar-refractivity contribution in [3.05, 3.63) is 123 Å². The predicted octanol–water partition coefficient (Wildman–Crippen LogP) is 7.44. The van der Waals surface area contributed by atoms with Gasteiger partial charge in [-0.1, -0.05) is 54.6 Å². The van der Waals surface area contributed by atoms with Gasteiger partial charge in [0.05, 0.1) is 46.5 Å². The maximum absolute atomic E-state index is 12.4. The number of hydrogen-bond donors (Lipinski definition) is 1. The molecule has 1 aromatic heterocycles. The highest BCUT2D eigenvalue weighted by molar-refractivity contribution is 7.71. The van der Waals surface area contributed by atoms with E-state index in [1.165, 1.54) is 19.2 Å². The van der Waals surface area contributed by atoms with Crippen LogP contribution in [0.1, 0.15) is 64.0 Å². The van der Waals surface area contributed by atoms with Crippen molar-refractivity contribution in [3.63, 3.8) is 0 Å². The van der Waals surface area contributed by atoms with Crippen LogP contribution in [0.3, 0.4) is 0 Å². The molecular formula is C43H53N4O10PS. The lowest BCUT2D eigenvalue weighted by atomic mass is 9.80. The summed E-state index contributed by atoms with van der Waals surface area (Å²) in [5.41, 5.74) is 0.877. The fourth-order valence-corrected chi connectivity index (χ4v) is 9.08. The lowest BCUT2D eigenvalue weighted by Crippen LogP contribution is -2.43. The summed E-state index contributed by atoms with van der Waals surface area (Å²) in [6.45, 7) is 9.54. The summed E-state index contributed by atoms with van der Waals surface area (Å²) in [5, 5.41) is 9.44. The second kappa shape index (κ2) is 21.7. The van der Waals surface area contributed by atoms with Gasteiger partial charge in [-0.15, -0.1) is 0 Å². The molecule has 1 fully saturated rings. The molecule has 4 aromatic rings. The van der Waals surface area contributed by atoms with Gasteiger partial charge in [0.2, 0.25) is 0 Å². The van der Waals surface area contributed by atoms with Crippen molar-refractivity contribution in [3.8, 4) is 17.6 Å². The van der Waals surface area contributed by atoms with Crippen LogP contribution in [-0.4, -0.2) is 91.2 Å². The van der Waals surface area contributed by atoms with E-state index in [0.717, 1.165) is 16.7 Å². The van der Waals surface area contributed by atoms with Crippen LogP contribution in [0.2, 0.25) is 0 Å². The monoisotopic (exact) mass is 848 g/mol. The maximum atomic E-state index is 12.4. The van der Waals surface area contributed by atoms with Gasteiger partial charge < -0.3 is 37.5 Å². The average Bonchev–Trinajstić information content (AvgIpc) is 3.56. The highest BCUT2D eigenvalue weighted by Crippen LogP contribution is 2.51. The number of nitriles is 1. The maximum Gasteiger partial charge on any atom is 0.302 e. The van der Waals surface area contributed by atoms with Gasteiger partial charge in [-0.05, 0) is 80.9 Å². The average molecular weight is 849 g/mol. The third kappa shape index (κ3) is 11.2. The van der Waals surface area contributed by atoms with Crippen LogP contribution in [0.4, 0.5) is 0 Å². The molecule has 2 heterocycles. The molecule has 0 amide bonds. The Morgan fingerprint density at radius 1 is 0.898 bits per heavy atom. The standard InChI is InChI=1S/C43H53N4O10PS/c1-29(2)47(30(3)4)58(55-25-11-23-44)57-39-37(56-41(40(39)53-27-26-52-31(5)48)46-24-22-38(49)45-42(46)59)28-54-43(32-12-9-8-10-13-32,33-14-18-35(50-6)19-15-33)34-16-20-36(51-7)21-17-34/h8-10,12-22,24,29-30,37,39-41H,11,25-28H2,1-7H3,(H,45,49,59)/t37-,39-,40-,41-,58?/m1/s1. The van der Waals surface area contributed by atoms with Crippen molar-refractivity contribution < 1.29 is 42.3 Å². The Hall–Kier alpha value is -4.49. The van der Waals surface area contributed by atoms with Gasteiger partial charge >= 0.3 is 5.97 Å². The van der Waals surface area contributed by atoms with Gasteiger partial charge in [0.1, 0.15) is 42.0 Å². The predicted molar refractivity (Wildman–Crippen MR) is 225 cm³/mol. The molecule has 14 nitrogen and oxygen atoms in total. The molecule has 1 saturated heterocycles. The highest BCUT2D eigenvalue weighted by Gasteiger charge is 2.51. The lowest BCUT2D eigenvalue weighted by Gasteiger charge is -2.39. The summed E-state index contributed by atoms with van der Waals surface area (Å²) in [6, 6.07) is 28.8. The number of carbonyl (C=O) groups excluding carboxylic acids is 1. The molecule has 1 N–H and O–H groups in total. The highest BCUT2D eigenvalue weighted by atomic mass is 32.1. The topological polar surface area (TPSA) is 156 Å². The van der Waals surface area contributed by atoms with Gasteiger partial charge in [-0.2, -0.15) is 5.26 Å². The van der Waals surface area contributed by atoms with Crippen LogP contribution < -0.4 is 15.0 Å². The minimum atomic E-state index is -1.83. The van der Waals surface area contributed by atoms with Crippen LogP contribution in [-0.2, 0) is 38.4 Å². The van der Waals surface area contributed by atoms with Crippen molar-refractivity contribution in [2.45, 2.75) is 83.3 Å². The summed E-state index contributed by atoms with van der Waals surface area (Å²) < 4.78 is 54.4. The van der Waals surface area contributed by atoms with Crippen LogP contribution >= 0.6 is 20.7 Å². The molecule has 1 aliphatic heterocycles. The molecule has 16 heteroatoms. The molecule has 0 radical (unpaired) electrons. The third-order valence-corrected chi connectivity index (χ3v) is 12.1. The van der Waals surface area contributed by atoms with Crippen molar-refractivity contribution in [2.24, 2.45) is 0 Å². The Bertz CT molecular complexity index is 2040. The molecular weight excluding hydrogens is 796 g/mol. The minimum Gasteiger partial charge on any atom is -0.497 e. The minimum absolute atomic E-state index is 0.00877. The zero-order valence-electron chi connectivity index (χ0n) is 34.4. The first-order chi connectivity index (χ1) is 28.4. The smallest absolute Gasteiger partial charge is 0.302 e. The molecule has 59 heavy (non-hydrogen) atoms. The van der Waals surface area contributed by atoms with E-state index in [0.29, 0.717) is 11.5 Å². The number of benzene rings is 3. The molecule has 0 aliphatic carbocycles. The van der Waals surface area contributed by atoms with E-state index in [1.807, 2.05) is 107 Å². The number of esters is 1. The molecule has 1 unspecified atom stereocenters. The molecule has 0 bridgehead atoms. The third-order valence-electron chi connectivity index (χ3n) is 9.62. The Kier molecular flexibility index (Phi) is 16.7. The van der Waals surface area contributed by atoms with Crippen molar-refractivity contribution in [1.82, 2.24) is 14.2 Å². The van der Waals surface area contributed by atoms with E-state index in [1.54, 1.807) is 18.8 Å². The first kappa shape index (κ1) is 45.6. The second-order valence-corrected chi connectivity index (χ2v) is 16.0. The summed E-state index contributed by atoms with van der Waals surface area (Å²) in [4.78, 5) is 26.8.